The van der Waals surface area contributed by atoms with Crippen LogP contribution >= 0.6 is 0 Å². The van der Waals surface area contributed by atoms with E-state index < -0.39 is 42.1 Å². The van der Waals surface area contributed by atoms with Crippen LogP contribution in [-0.2, 0) is 25.7 Å². The van der Waals surface area contributed by atoms with E-state index in [1.807, 2.05) is 11.4 Å². The first-order valence-corrected chi connectivity index (χ1v) is 10.2. The molecule has 1 unspecified atom stereocenters. The number of hydrogen-bond acceptors (Lipinski definition) is 5. The van der Waals surface area contributed by atoms with Gasteiger partial charge in [0.15, 0.2) is 0 Å². The number of ether oxygens (including phenoxy) is 2. The van der Waals surface area contributed by atoms with Gasteiger partial charge in [0, 0.05) is 6.54 Å². The maximum absolute atomic E-state index is 12.8. The van der Waals surface area contributed by atoms with Gasteiger partial charge >= 0.3 is 24.1 Å². The lowest BCUT2D eigenvalue weighted by Gasteiger charge is -2.33. The van der Waals surface area contributed by atoms with Gasteiger partial charge in [-0.15, -0.1) is 0 Å². The molecule has 0 radical (unpaired) electrons. The van der Waals surface area contributed by atoms with Gasteiger partial charge in [0.25, 0.3) is 0 Å². The summed E-state index contributed by atoms with van der Waals surface area (Å²) in [5.41, 5.74) is 0.748. The van der Waals surface area contributed by atoms with Gasteiger partial charge in [-0.2, -0.15) is 13.2 Å². The Morgan fingerprint density at radius 2 is 1.81 bits per heavy atom. The van der Waals surface area contributed by atoms with E-state index in [1.54, 1.807) is 31.2 Å². The summed E-state index contributed by atoms with van der Waals surface area (Å²) in [4.78, 5) is 38.3. The van der Waals surface area contributed by atoms with E-state index in [1.165, 1.54) is 4.90 Å². The highest BCUT2D eigenvalue weighted by Crippen LogP contribution is 2.43. The molecule has 1 aromatic rings. The van der Waals surface area contributed by atoms with Crippen molar-refractivity contribution in [2.24, 2.45) is 11.8 Å². The lowest BCUT2D eigenvalue weighted by Crippen LogP contribution is -2.55. The zero-order valence-electron chi connectivity index (χ0n) is 17.1. The van der Waals surface area contributed by atoms with Gasteiger partial charge in [0.2, 0.25) is 0 Å². The highest BCUT2D eigenvalue weighted by Gasteiger charge is 2.53. The Kier molecular flexibility index (Phi) is 7.07. The molecule has 0 spiro atoms. The number of carbonyl (C=O) groups excluding carboxylic acids is 3. The first-order valence-electron chi connectivity index (χ1n) is 10.2. The van der Waals surface area contributed by atoms with Crippen molar-refractivity contribution in [2.75, 3.05) is 13.2 Å². The third kappa shape index (κ3) is 5.68. The van der Waals surface area contributed by atoms with Crippen LogP contribution in [0.3, 0.4) is 0 Å². The van der Waals surface area contributed by atoms with E-state index in [-0.39, 0.29) is 32.1 Å². The summed E-state index contributed by atoms with van der Waals surface area (Å²) in [5.74, 6) is -3.62. The standard InChI is InChI=1S/C21H25F3N2O5/c1-2-30-18(27)16(14-8-9-14)17-15(25-19(28)21(22,23)24)10-11-26(17)20(29)31-12-13-6-4-3-5-7-13/h3-7,14-17H,2,8-12H2,1H3,(H,25,28)/t15-,16?,17-/m0/s1. The molecule has 31 heavy (non-hydrogen) atoms. The topological polar surface area (TPSA) is 84.9 Å². The molecule has 1 heterocycles. The van der Waals surface area contributed by atoms with E-state index in [2.05, 4.69) is 0 Å². The summed E-state index contributed by atoms with van der Waals surface area (Å²) in [7, 11) is 0. The van der Waals surface area contributed by atoms with Crippen LogP contribution in [0.25, 0.3) is 0 Å². The lowest BCUT2D eigenvalue weighted by molar-refractivity contribution is -0.174. The van der Waals surface area contributed by atoms with Gasteiger partial charge in [0.05, 0.1) is 24.6 Å². The number of alkyl halides is 3. The number of carbonyl (C=O) groups is 3. The van der Waals surface area contributed by atoms with Crippen molar-refractivity contribution < 1.29 is 37.0 Å². The maximum atomic E-state index is 12.8. The third-order valence-electron chi connectivity index (χ3n) is 5.52. The van der Waals surface area contributed by atoms with Gasteiger partial charge < -0.3 is 19.7 Å². The molecule has 1 aliphatic heterocycles. The summed E-state index contributed by atoms with van der Waals surface area (Å²) in [6, 6.07) is 6.92. The van der Waals surface area contributed by atoms with Crippen molar-refractivity contribution in [3.05, 3.63) is 35.9 Å². The van der Waals surface area contributed by atoms with Crippen LogP contribution in [-0.4, -0.2) is 54.3 Å². The van der Waals surface area contributed by atoms with E-state index >= 15 is 0 Å². The maximum Gasteiger partial charge on any atom is 0.471 e. The van der Waals surface area contributed by atoms with Crippen molar-refractivity contribution in [3.8, 4) is 0 Å². The highest BCUT2D eigenvalue weighted by molar-refractivity contribution is 5.83. The van der Waals surface area contributed by atoms with Crippen molar-refractivity contribution in [1.29, 1.82) is 0 Å². The summed E-state index contributed by atoms with van der Waals surface area (Å²) in [6.07, 6.45) is -4.33. The zero-order valence-corrected chi connectivity index (χ0v) is 17.1. The number of rotatable bonds is 7. The Morgan fingerprint density at radius 3 is 2.39 bits per heavy atom. The van der Waals surface area contributed by atoms with E-state index in [0.29, 0.717) is 12.8 Å². The fraction of sp³-hybridized carbons (Fsp3) is 0.571. The number of likely N-dealkylation sites (tertiary alicyclic amines) is 1. The average Bonchev–Trinajstić information content (AvgIpc) is 3.47. The molecular weight excluding hydrogens is 417 g/mol. The molecule has 170 valence electrons. The van der Waals surface area contributed by atoms with Gasteiger partial charge in [-0.3, -0.25) is 9.59 Å². The Bertz CT molecular complexity index is 798. The minimum absolute atomic E-state index is 0.0179. The molecule has 0 aromatic heterocycles. The molecule has 1 saturated carbocycles. The molecule has 3 rings (SSSR count). The Labute approximate surface area is 177 Å². The predicted molar refractivity (Wildman–Crippen MR) is 103 cm³/mol. The summed E-state index contributed by atoms with van der Waals surface area (Å²) in [6.45, 7) is 1.78. The molecule has 3 atom stereocenters. The van der Waals surface area contributed by atoms with Crippen molar-refractivity contribution in [1.82, 2.24) is 10.2 Å². The largest absolute Gasteiger partial charge is 0.471 e. The van der Waals surface area contributed by atoms with Gasteiger partial charge in [-0.25, -0.2) is 4.79 Å². The minimum atomic E-state index is -5.06. The second-order valence-electron chi connectivity index (χ2n) is 7.71. The molecule has 1 N–H and O–H groups in total. The Balaban J connectivity index is 1.80. The molecule has 10 heteroatoms. The number of halogens is 3. The summed E-state index contributed by atoms with van der Waals surface area (Å²) < 4.78 is 49.0. The molecular formula is C21H25F3N2O5. The predicted octanol–water partition coefficient (Wildman–Crippen LogP) is 3.03. The minimum Gasteiger partial charge on any atom is -0.466 e. The van der Waals surface area contributed by atoms with Crippen LogP contribution in [0.1, 0.15) is 31.7 Å². The van der Waals surface area contributed by atoms with Crippen LogP contribution in [0.15, 0.2) is 30.3 Å². The van der Waals surface area contributed by atoms with Gasteiger partial charge in [-0.1, -0.05) is 30.3 Å². The molecule has 2 aliphatic rings. The van der Waals surface area contributed by atoms with Gasteiger partial charge in [0.1, 0.15) is 6.61 Å². The number of benzene rings is 1. The smallest absolute Gasteiger partial charge is 0.466 e. The number of esters is 1. The number of hydrogen-bond donors (Lipinski definition) is 1. The number of nitrogens with zero attached hydrogens (tertiary/aromatic N) is 1. The molecule has 2 amide bonds. The monoisotopic (exact) mass is 442 g/mol. The molecule has 7 nitrogen and oxygen atoms in total. The van der Waals surface area contributed by atoms with Crippen LogP contribution in [0, 0.1) is 11.8 Å². The fourth-order valence-corrected chi connectivity index (χ4v) is 3.99. The number of nitrogens with one attached hydrogen (secondary N) is 1. The average molecular weight is 442 g/mol. The summed E-state index contributed by atoms with van der Waals surface area (Å²) >= 11 is 0. The van der Waals surface area contributed by atoms with Crippen LogP contribution in [0.5, 0.6) is 0 Å². The van der Waals surface area contributed by atoms with Crippen LogP contribution in [0.2, 0.25) is 0 Å². The molecule has 1 aromatic carbocycles. The fourth-order valence-electron chi connectivity index (χ4n) is 3.99. The second-order valence-corrected chi connectivity index (χ2v) is 7.71. The molecule has 2 fully saturated rings. The SMILES string of the molecule is CCOC(=O)C(C1CC1)[C@@H]1[C@@H](NC(=O)C(F)(F)F)CCN1C(=O)OCc1ccccc1. The van der Waals surface area contributed by atoms with Crippen LogP contribution < -0.4 is 5.32 Å². The Morgan fingerprint density at radius 1 is 1.13 bits per heavy atom. The first-order chi connectivity index (χ1) is 14.7. The zero-order chi connectivity index (χ0) is 22.6. The van der Waals surface area contributed by atoms with E-state index in [9.17, 15) is 27.6 Å². The molecule has 1 saturated heterocycles. The molecule has 1 aliphatic carbocycles. The third-order valence-corrected chi connectivity index (χ3v) is 5.52. The van der Waals surface area contributed by atoms with Crippen molar-refractivity contribution in [2.45, 2.75) is 51.1 Å². The second kappa shape index (κ2) is 9.57. The quantitative estimate of drug-likeness (QED) is 0.657. The van der Waals surface area contributed by atoms with E-state index in [0.717, 1.165) is 5.56 Å². The van der Waals surface area contributed by atoms with Crippen LogP contribution in [0.4, 0.5) is 18.0 Å². The summed E-state index contributed by atoms with van der Waals surface area (Å²) in [5, 5.41) is 1.97. The number of amides is 2. The van der Waals surface area contributed by atoms with Crippen molar-refractivity contribution >= 4 is 18.0 Å². The van der Waals surface area contributed by atoms with Crippen molar-refractivity contribution in [3.63, 3.8) is 0 Å². The Hall–Kier alpha value is -2.78. The van der Waals surface area contributed by atoms with E-state index in [4.69, 9.17) is 9.47 Å². The normalized spacial score (nSPS) is 22.0. The first kappa shape index (κ1) is 22.9. The molecule has 0 bridgehead atoms. The van der Waals surface area contributed by atoms with Gasteiger partial charge in [-0.05, 0) is 37.7 Å². The highest BCUT2D eigenvalue weighted by atomic mass is 19.4. The lowest BCUT2D eigenvalue weighted by atomic mass is 9.89.